The lowest BCUT2D eigenvalue weighted by molar-refractivity contribution is 0.0690. The van der Waals surface area contributed by atoms with Crippen molar-refractivity contribution in [2.24, 2.45) is 0 Å². The van der Waals surface area contributed by atoms with E-state index in [2.05, 4.69) is 10.1 Å². The molecule has 1 saturated heterocycles. The largest absolute Gasteiger partial charge is 0.382 e. The van der Waals surface area contributed by atoms with Crippen LogP contribution in [0.1, 0.15) is 34.9 Å². The number of nitrogens with two attached hydrogens (primary N) is 1. The Kier molecular flexibility index (Phi) is 3.60. The molecule has 2 aromatic heterocycles. The van der Waals surface area contributed by atoms with Gasteiger partial charge in [-0.1, -0.05) is 0 Å². The average molecular weight is 285 g/mol. The van der Waals surface area contributed by atoms with E-state index in [0.717, 1.165) is 31.6 Å². The Bertz CT molecular complexity index is 643. The van der Waals surface area contributed by atoms with E-state index in [1.54, 1.807) is 18.3 Å². The normalized spacial score (nSPS) is 16.1. The van der Waals surface area contributed by atoms with Crippen LogP contribution in [-0.4, -0.2) is 38.7 Å². The van der Waals surface area contributed by atoms with Crippen LogP contribution in [0.15, 0.2) is 30.6 Å². The maximum absolute atomic E-state index is 12.5. The van der Waals surface area contributed by atoms with Crippen LogP contribution < -0.4 is 5.73 Å². The maximum Gasteiger partial charge on any atom is 0.253 e. The first-order valence-electron chi connectivity index (χ1n) is 7.16. The van der Waals surface area contributed by atoms with Crippen LogP contribution in [0, 0.1) is 6.92 Å². The number of amides is 1. The van der Waals surface area contributed by atoms with Crippen LogP contribution in [0.25, 0.3) is 0 Å². The van der Waals surface area contributed by atoms with Crippen molar-refractivity contribution < 1.29 is 4.79 Å². The SMILES string of the molecule is Cc1cc(C(=O)N2CCC(n3ccc(N)n3)CC2)ccn1. The molecular formula is C15H19N5O. The molecule has 1 fully saturated rings. The van der Waals surface area contributed by atoms with Crippen LogP contribution in [0.3, 0.4) is 0 Å². The van der Waals surface area contributed by atoms with Gasteiger partial charge >= 0.3 is 0 Å². The van der Waals surface area contributed by atoms with Crippen molar-refractivity contribution in [1.82, 2.24) is 19.7 Å². The molecule has 1 aliphatic rings. The lowest BCUT2D eigenvalue weighted by Gasteiger charge is -2.32. The average Bonchev–Trinajstić information content (AvgIpc) is 2.93. The monoisotopic (exact) mass is 285 g/mol. The Labute approximate surface area is 123 Å². The molecule has 0 aromatic carbocycles. The summed E-state index contributed by atoms with van der Waals surface area (Å²) >= 11 is 0. The minimum Gasteiger partial charge on any atom is -0.382 e. The van der Waals surface area contributed by atoms with Gasteiger partial charge in [0, 0.05) is 36.7 Å². The predicted octanol–water partition coefficient (Wildman–Crippen LogP) is 1.65. The van der Waals surface area contributed by atoms with Crippen LogP contribution >= 0.6 is 0 Å². The minimum absolute atomic E-state index is 0.0823. The van der Waals surface area contributed by atoms with Gasteiger partial charge in [0.25, 0.3) is 5.91 Å². The van der Waals surface area contributed by atoms with Gasteiger partial charge in [-0.2, -0.15) is 5.10 Å². The first kappa shape index (κ1) is 13.6. The standard InChI is InChI=1S/C15H19N5O/c1-11-10-12(2-6-17-11)15(21)19-7-3-13(4-8-19)20-9-5-14(16)18-20/h2,5-6,9-10,13H,3-4,7-8H2,1H3,(H2,16,18). The smallest absolute Gasteiger partial charge is 0.253 e. The van der Waals surface area contributed by atoms with Gasteiger partial charge < -0.3 is 10.6 Å². The fraction of sp³-hybridized carbons (Fsp3) is 0.400. The highest BCUT2D eigenvalue weighted by atomic mass is 16.2. The van der Waals surface area contributed by atoms with E-state index < -0.39 is 0 Å². The Morgan fingerprint density at radius 1 is 1.33 bits per heavy atom. The Morgan fingerprint density at radius 3 is 2.71 bits per heavy atom. The summed E-state index contributed by atoms with van der Waals surface area (Å²) in [6.45, 7) is 3.38. The molecule has 1 aliphatic heterocycles. The third-order valence-corrected chi connectivity index (χ3v) is 3.90. The zero-order chi connectivity index (χ0) is 14.8. The van der Waals surface area contributed by atoms with Gasteiger partial charge in [0.2, 0.25) is 0 Å². The van der Waals surface area contributed by atoms with Crippen molar-refractivity contribution in [3.05, 3.63) is 41.9 Å². The number of nitrogen functional groups attached to an aromatic ring is 1. The number of rotatable bonds is 2. The number of aryl methyl sites for hydroxylation is 1. The van der Waals surface area contributed by atoms with Crippen LogP contribution in [0.5, 0.6) is 0 Å². The Balaban J connectivity index is 1.64. The Morgan fingerprint density at radius 2 is 2.10 bits per heavy atom. The van der Waals surface area contributed by atoms with E-state index >= 15 is 0 Å². The third-order valence-electron chi connectivity index (χ3n) is 3.90. The van der Waals surface area contributed by atoms with Crippen molar-refractivity contribution in [1.29, 1.82) is 0 Å². The predicted molar refractivity (Wildman–Crippen MR) is 79.8 cm³/mol. The number of carbonyl (C=O) groups excluding carboxylic acids is 1. The van der Waals surface area contributed by atoms with E-state index in [1.807, 2.05) is 28.8 Å². The number of hydrogen-bond donors (Lipinski definition) is 1. The number of nitrogens with zero attached hydrogens (tertiary/aromatic N) is 4. The van der Waals surface area contributed by atoms with Gasteiger partial charge in [0.05, 0.1) is 6.04 Å². The fourth-order valence-electron chi connectivity index (χ4n) is 2.75. The van der Waals surface area contributed by atoms with E-state index in [4.69, 9.17) is 5.73 Å². The van der Waals surface area contributed by atoms with E-state index in [0.29, 0.717) is 17.4 Å². The lowest BCUT2D eigenvalue weighted by atomic mass is 10.0. The summed E-state index contributed by atoms with van der Waals surface area (Å²) in [5.74, 6) is 0.625. The molecule has 0 unspecified atom stereocenters. The zero-order valence-electron chi connectivity index (χ0n) is 12.1. The molecule has 3 heterocycles. The molecule has 0 bridgehead atoms. The van der Waals surface area contributed by atoms with Gasteiger partial charge in [-0.25, -0.2) is 0 Å². The summed E-state index contributed by atoms with van der Waals surface area (Å²) in [6, 6.07) is 5.74. The van der Waals surface area contributed by atoms with Crippen LogP contribution in [0.4, 0.5) is 5.82 Å². The van der Waals surface area contributed by atoms with E-state index in [-0.39, 0.29) is 5.91 Å². The fourth-order valence-corrected chi connectivity index (χ4v) is 2.75. The van der Waals surface area contributed by atoms with Crippen molar-refractivity contribution in [3.63, 3.8) is 0 Å². The van der Waals surface area contributed by atoms with Crippen LogP contribution in [-0.2, 0) is 0 Å². The van der Waals surface area contributed by atoms with Gasteiger partial charge in [-0.05, 0) is 38.0 Å². The highest BCUT2D eigenvalue weighted by Gasteiger charge is 2.25. The lowest BCUT2D eigenvalue weighted by Crippen LogP contribution is -2.39. The zero-order valence-corrected chi connectivity index (χ0v) is 12.1. The number of anilines is 1. The summed E-state index contributed by atoms with van der Waals surface area (Å²) in [5, 5.41) is 4.26. The molecular weight excluding hydrogens is 266 g/mol. The summed E-state index contributed by atoms with van der Waals surface area (Å²) in [6.07, 6.45) is 5.39. The summed E-state index contributed by atoms with van der Waals surface area (Å²) in [4.78, 5) is 18.5. The van der Waals surface area contributed by atoms with Crippen molar-refractivity contribution in [2.45, 2.75) is 25.8 Å². The van der Waals surface area contributed by atoms with Gasteiger partial charge in [0.1, 0.15) is 5.82 Å². The van der Waals surface area contributed by atoms with E-state index in [1.165, 1.54) is 0 Å². The number of likely N-dealkylation sites (tertiary alicyclic amines) is 1. The second-order valence-corrected chi connectivity index (χ2v) is 5.43. The van der Waals surface area contributed by atoms with Crippen molar-refractivity contribution >= 4 is 11.7 Å². The van der Waals surface area contributed by atoms with Crippen molar-refractivity contribution in [2.75, 3.05) is 18.8 Å². The minimum atomic E-state index is 0.0823. The summed E-state index contributed by atoms with van der Waals surface area (Å²) < 4.78 is 1.91. The first-order valence-corrected chi connectivity index (χ1v) is 7.16. The molecule has 1 amide bonds. The molecule has 0 saturated carbocycles. The number of piperidine rings is 1. The second-order valence-electron chi connectivity index (χ2n) is 5.43. The molecule has 21 heavy (non-hydrogen) atoms. The van der Waals surface area contributed by atoms with Gasteiger partial charge in [0.15, 0.2) is 0 Å². The van der Waals surface area contributed by atoms with Crippen LogP contribution in [0.2, 0.25) is 0 Å². The molecule has 0 atom stereocenters. The quantitative estimate of drug-likeness (QED) is 0.910. The highest BCUT2D eigenvalue weighted by Crippen LogP contribution is 2.23. The Hall–Kier alpha value is -2.37. The van der Waals surface area contributed by atoms with Crippen molar-refractivity contribution in [3.8, 4) is 0 Å². The molecule has 0 radical (unpaired) electrons. The molecule has 110 valence electrons. The number of carbonyl (C=O) groups is 1. The molecule has 2 N–H and O–H groups in total. The molecule has 2 aromatic rings. The topological polar surface area (TPSA) is 77.0 Å². The second kappa shape index (κ2) is 5.55. The number of aromatic nitrogens is 3. The molecule has 3 rings (SSSR count). The third kappa shape index (κ3) is 2.89. The van der Waals surface area contributed by atoms with Gasteiger partial charge in [-0.3, -0.25) is 14.5 Å². The molecule has 6 nitrogen and oxygen atoms in total. The first-order chi connectivity index (χ1) is 10.1. The molecule has 6 heteroatoms. The summed E-state index contributed by atoms with van der Waals surface area (Å²) in [7, 11) is 0. The highest BCUT2D eigenvalue weighted by molar-refractivity contribution is 5.94. The maximum atomic E-state index is 12.5. The molecule has 0 aliphatic carbocycles. The van der Waals surface area contributed by atoms with E-state index in [9.17, 15) is 4.79 Å². The summed E-state index contributed by atoms with van der Waals surface area (Å²) in [5.41, 5.74) is 7.22. The number of hydrogen-bond acceptors (Lipinski definition) is 4. The number of pyridine rings is 1. The van der Waals surface area contributed by atoms with Gasteiger partial charge in [-0.15, -0.1) is 0 Å². The molecule has 0 spiro atoms.